The summed E-state index contributed by atoms with van der Waals surface area (Å²) in [4.78, 5) is 12.2. The summed E-state index contributed by atoms with van der Waals surface area (Å²) in [7, 11) is 0. The maximum absolute atomic E-state index is 12.8. The van der Waals surface area contributed by atoms with Gasteiger partial charge in [-0.3, -0.25) is 4.79 Å². The molecule has 1 nitrogen and oxygen atoms in total. The second-order valence-electron chi connectivity index (χ2n) is 4.68. The van der Waals surface area contributed by atoms with Crippen LogP contribution in [0.15, 0.2) is 48.5 Å². The molecule has 98 valence electrons. The molecule has 2 heteroatoms. The van der Waals surface area contributed by atoms with Gasteiger partial charge in [0.15, 0.2) is 5.78 Å². The minimum absolute atomic E-state index is 0.0737. The third kappa shape index (κ3) is 3.75. The molecule has 0 aliphatic rings. The van der Waals surface area contributed by atoms with Crippen LogP contribution < -0.4 is 0 Å². The fraction of sp³-hybridized carbons (Fsp3) is 0.235. The number of Topliss-reactive ketones (excluding diaryl/α,β-unsaturated/α-hetero) is 1. The monoisotopic (exact) mass is 256 g/mol. The molecule has 2 rings (SSSR count). The van der Waals surface area contributed by atoms with E-state index >= 15 is 0 Å². The van der Waals surface area contributed by atoms with E-state index in [-0.39, 0.29) is 11.6 Å². The zero-order chi connectivity index (χ0) is 13.7. The van der Waals surface area contributed by atoms with Gasteiger partial charge >= 0.3 is 0 Å². The van der Waals surface area contributed by atoms with Crippen molar-refractivity contribution in [2.24, 2.45) is 0 Å². The average molecular weight is 256 g/mol. The molecular formula is C17H17FO. The van der Waals surface area contributed by atoms with Gasteiger partial charge in [0, 0.05) is 12.0 Å². The van der Waals surface area contributed by atoms with E-state index in [0.29, 0.717) is 6.42 Å². The van der Waals surface area contributed by atoms with Gasteiger partial charge in [-0.25, -0.2) is 4.39 Å². The van der Waals surface area contributed by atoms with Crippen molar-refractivity contribution in [2.45, 2.75) is 26.2 Å². The number of hydrogen-bond acceptors (Lipinski definition) is 1. The highest BCUT2D eigenvalue weighted by atomic mass is 19.1. The van der Waals surface area contributed by atoms with Crippen LogP contribution in [0.4, 0.5) is 4.39 Å². The van der Waals surface area contributed by atoms with E-state index in [1.165, 1.54) is 17.7 Å². The molecule has 0 saturated heterocycles. The second-order valence-corrected chi connectivity index (χ2v) is 4.68. The molecule has 2 aromatic carbocycles. The number of ketones is 1. The van der Waals surface area contributed by atoms with Gasteiger partial charge in [-0.1, -0.05) is 43.7 Å². The first kappa shape index (κ1) is 13.5. The molecule has 0 N–H and O–H groups in total. The largest absolute Gasteiger partial charge is 0.294 e. The van der Waals surface area contributed by atoms with Gasteiger partial charge in [0.2, 0.25) is 0 Å². The summed E-state index contributed by atoms with van der Waals surface area (Å²) in [6.45, 7) is 2.12. The van der Waals surface area contributed by atoms with Crippen LogP contribution in [-0.4, -0.2) is 5.78 Å². The van der Waals surface area contributed by atoms with Crippen LogP contribution >= 0.6 is 0 Å². The molecule has 0 fully saturated rings. The lowest BCUT2D eigenvalue weighted by molar-refractivity contribution is 0.0993. The zero-order valence-electron chi connectivity index (χ0n) is 11.0. The first-order valence-electron chi connectivity index (χ1n) is 6.55. The van der Waals surface area contributed by atoms with Crippen molar-refractivity contribution in [3.05, 3.63) is 71.0 Å². The molecule has 19 heavy (non-hydrogen) atoms. The van der Waals surface area contributed by atoms with Gasteiger partial charge in [-0.05, 0) is 35.7 Å². The van der Waals surface area contributed by atoms with Crippen LogP contribution in [0, 0.1) is 5.82 Å². The van der Waals surface area contributed by atoms with E-state index < -0.39 is 0 Å². The molecule has 0 atom stereocenters. The summed E-state index contributed by atoms with van der Waals surface area (Å²) in [5.74, 6) is -0.203. The third-order valence-corrected chi connectivity index (χ3v) is 3.07. The molecule has 0 aromatic heterocycles. The Hall–Kier alpha value is -1.96. The van der Waals surface area contributed by atoms with Crippen molar-refractivity contribution in [3.8, 4) is 0 Å². The highest BCUT2D eigenvalue weighted by Gasteiger charge is 2.07. The number of halogens is 1. The van der Waals surface area contributed by atoms with Crippen molar-refractivity contribution >= 4 is 5.78 Å². The highest BCUT2D eigenvalue weighted by Crippen LogP contribution is 2.12. The lowest BCUT2D eigenvalue weighted by Crippen LogP contribution is -2.04. The molecular weight excluding hydrogens is 239 g/mol. The lowest BCUT2D eigenvalue weighted by Gasteiger charge is -2.04. The Balaban J connectivity index is 2.11. The van der Waals surface area contributed by atoms with Crippen molar-refractivity contribution in [2.75, 3.05) is 0 Å². The van der Waals surface area contributed by atoms with Crippen LogP contribution in [0.1, 0.15) is 34.8 Å². The number of carbonyl (C=O) groups is 1. The van der Waals surface area contributed by atoms with Crippen molar-refractivity contribution in [1.82, 2.24) is 0 Å². The predicted molar refractivity (Wildman–Crippen MR) is 74.9 cm³/mol. The molecule has 0 heterocycles. The Morgan fingerprint density at radius 3 is 2.47 bits per heavy atom. The van der Waals surface area contributed by atoms with Crippen LogP contribution in [0.2, 0.25) is 0 Å². The van der Waals surface area contributed by atoms with Crippen LogP contribution in [0.25, 0.3) is 0 Å². The quantitative estimate of drug-likeness (QED) is 0.733. The van der Waals surface area contributed by atoms with E-state index in [1.807, 2.05) is 24.3 Å². The SMILES string of the molecule is CCCc1cccc(C(=O)Cc2ccc(F)cc2)c1. The van der Waals surface area contributed by atoms with Gasteiger partial charge in [0.25, 0.3) is 0 Å². The molecule has 0 aliphatic carbocycles. The average Bonchev–Trinajstić information content (AvgIpc) is 2.42. The summed E-state index contributed by atoms with van der Waals surface area (Å²) >= 11 is 0. The van der Waals surface area contributed by atoms with Gasteiger partial charge < -0.3 is 0 Å². The summed E-state index contributed by atoms with van der Waals surface area (Å²) < 4.78 is 12.8. The highest BCUT2D eigenvalue weighted by molar-refractivity contribution is 5.97. The molecule has 0 spiro atoms. The van der Waals surface area contributed by atoms with E-state index in [9.17, 15) is 9.18 Å². The molecule has 0 saturated carbocycles. The summed E-state index contributed by atoms with van der Waals surface area (Å²) in [5, 5.41) is 0. The molecule has 0 bridgehead atoms. The molecule has 0 radical (unpaired) electrons. The Morgan fingerprint density at radius 1 is 1.05 bits per heavy atom. The van der Waals surface area contributed by atoms with Gasteiger partial charge in [0.05, 0.1) is 0 Å². The maximum Gasteiger partial charge on any atom is 0.167 e. The van der Waals surface area contributed by atoms with Crippen molar-refractivity contribution in [1.29, 1.82) is 0 Å². The van der Waals surface area contributed by atoms with E-state index in [1.54, 1.807) is 12.1 Å². The first-order valence-corrected chi connectivity index (χ1v) is 6.55. The Labute approximate surface area is 113 Å². The third-order valence-electron chi connectivity index (χ3n) is 3.07. The summed E-state index contributed by atoms with van der Waals surface area (Å²) in [5.41, 5.74) is 2.76. The zero-order valence-corrected chi connectivity index (χ0v) is 11.0. The Bertz CT molecular complexity index is 558. The number of hydrogen-bond donors (Lipinski definition) is 0. The van der Waals surface area contributed by atoms with Gasteiger partial charge in [0.1, 0.15) is 5.82 Å². The minimum Gasteiger partial charge on any atom is -0.294 e. The van der Waals surface area contributed by atoms with E-state index in [0.717, 1.165) is 24.0 Å². The topological polar surface area (TPSA) is 17.1 Å². The fourth-order valence-corrected chi connectivity index (χ4v) is 2.08. The first-order chi connectivity index (χ1) is 9.19. The minimum atomic E-state index is -0.277. The smallest absolute Gasteiger partial charge is 0.167 e. The van der Waals surface area contributed by atoms with Crippen LogP contribution in [0.5, 0.6) is 0 Å². The number of carbonyl (C=O) groups excluding carboxylic acids is 1. The predicted octanol–water partition coefficient (Wildman–Crippen LogP) is 4.20. The molecule has 0 unspecified atom stereocenters. The number of benzene rings is 2. The van der Waals surface area contributed by atoms with Gasteiger partial charge in [-0.15, -0.1) is 0 Å². The van der Waals surface area contributed by atoms with Crippen LogP contribution in [-0.2, 0) is 12.8 Å². The lowest BCUT2D eigenvalue weighted by atomic mass is 10.00. The summed E-state index contributed by atoms with van der Waals surface area (Å²) in [6.07, 6.45) is 2.36. The molecule has 0 amide bonds. The maximum atomic E-state index is 12.8. The number of aryl methyl sites for hydroxylation is 1. The Kier molecular flexibility index (Phi) is 4.45. The fourth-order valence-electron chi connectivity index (χ4n) is 2.08. The second kappa shape index (κ2) is 6.28. The summed E-state index contributed by atoms with van der Waals surface area (Å²) in [6, 6.07) is 13.8. The standard InChI is InChI=1S/C17H17FO/c1-2-4-13-5-3-6-15(11-13)17(19)12-14-7-9-16(18)10-8-14/h3,5-11H,2,4,12H2,1H3. The van der Waals surface area contributed by atoms with Gasteiger partial charge in [-0.2, -0.15) is 0 Å². The molecule has 0 aliphatic heterocycles. The van der Waals surface area contributed by atoms with Crippen molar-refractivity contribution < 1.29 is 9.18 Å². The normalized spacial score (nSPS) is 10.4. The Morgan fingerprint density at radius 2 is 1.79 bits per heavy atom. The number of rotatable bonds is 5. The van der Waals surface area contributed by atoms with E-state index in [4.69, 9.17) is 0 Å². The van der Waals surface area contributed by atoms with Crippen LogP contribution in [0.3, 0.4) is 0 Å². The van der Waals surface area contributed by atoms with Crippen molar-refractivity contribution in [3.63, 3.8) is 0 Å². The molecule has 2 aromatic rings. The van der Waals surface area contributed by atoms with E-state index in [2.05, 4.69) is 6.92 Å².